The zero-order valence-electron chi connectivity index (χ0n) is 17.0. The molecule has 0 spiro atoms. The van der Waals surface area contributed by atoms with Crippen molar-refractivity contribution in [3.63, 3.8) is 0 Å². The van der Waals surface area contributed by atoms with Gasteiger partial charge in [-0.2, -0.15) is 0 Å². The molecule has 150 valence electrons. The normalized spacial score (nSPS) is 11.9. The lowest BCUT2D eigenvalue weighted by Crippen LogP contribution is -2.36. The molecule has 0 radical (unpaired) electrons. The first-order valence-corrected chi connectivity index (χ1v) is 9.82. The van der Waals surface area contributed by atoms with Gasteiger partial charge in [-0.3, -0.25) is 4.99 Å². The molecule has 0 saturated heterocycles. The van der Waals surface area contributed by atoms with Crippen LogP contribution in [-0.2, 0) is 13.1 Å². The first-order chi connectivity index (χ1) is 12.3. The summed E-state index contributed by atoms with van der Waals surface area (Å²) in [5.41, 5.74) is 1.91. The van der Waals surface area contributed by atoms with Gasteiger partial charge in [0.2, 0.25) is 0 Å². The average Bonchev–Trinajstić information content (AvgIpc) is 3.04. The number of hydrogen-bond acceptors (Lipinski definition) is 4. The lowest BCUT2D eigenvalue weighted by molar-refractivity contribution is 0.129. The van der Waals surface area contributed by atoms with Crippen LogP contribution in [0.1, 0.15) is 56.8 Å². The smallest absolute Gasteiger partial charge is 0.191 e. The van der Waals surface area contributed by atoms with Crippen LogP contribution in [0.3, 0.4) is 0 Å². The van der Waals surface area contributed by atoms with Crippen molar-refractivity contribution in [3.05, 3.63) is 45.9 Å². The van der Waals surface area contributed by atoms with Gasteiger partial charge in [0, 0.05) is 30.5 Å². The SMILES string of the molecule is CN=C(NCc1csc(C(C)C)n1)NCc1ccccc1OC(C)(C)C.I. The quantitative estimate of drug-likeness (QED) is 0.334. The van der Waals surface area contributed by atoms with Crippen LogP contribution in [0.5, 0.6) is 5.75 Å². The first-order valence-electron chi connectivity index (χ1n) is 8.94. The number of hydrogen-bond donors (Lipinski definition) is 2. The molecule has 27 heavy (non-hydrogen) atoms. The van der Waals surface area contributed by atoms with Gasteiger partial charge < -0.3 is 15.4 Å². The average molecular weight is 502 g/mol. The van der Waals surface area contributed by atoms with Crippen molar-refractivity contribution >= 4 is 41.3 Å². The lowest BCUT2D eigenvalue weighted by atomic mass is 10.1. The molecule has 2 rings (SSSR count). The molecule has 1 aromatic carbocycles. The highest BCUT2D eigenvalue weighted by Gasteiger charge is 2.14. The molecule has 0 bridgehead atoms. The fourth-order valence-corrected chi connectivity index (χ4v) is 3.16. The highest BCUT2D eigenvalue weighted by Crippen LogP contribution is 2.23. The Kier molecular flexibility index (Phi) is 9.52. The van der Waals surface area contributed by atoms with E-state index in [2.05, 4.69) is 66.7 Å². The summed E-state index contributed by atoms with van der Waals surface area (Å²) in [6, 6.07) is 8.08. The van der Waals surface area contributed by atoms with Crippen molar-refractivity contribution in [1.29, 1.82) is 0 Å². The van der Waals surface area contributed by atoms with E-state index in [1.54, 1.807) is 18.4 Å². The highest BCUT2D eigenvalue weighted by molar-refractivity contribution is 14.0. The van der Waals surface area contributed by atoms with Crippen molar-refractivity contribution in [3.8, 4) is 5.75 Å². The number of aliphatic imine (C=N–C) groups is 1. The highest BCUT2D eigenvalue weighted by atomic mass is 127. The zero-order chi connectivity index (χ0) is 19.2. The standard InChI is InChI=1S/C20H30N4OS.HI/c1-14(2)18-24-16(13-26-18)12-23-19(21-6)22-11-15-9-7-8-10-17(15)25-20(3,4)5;/h7-10,13-14H,11-12H2,1-6H3,(H2,21,22,23);1H. The molecule has 2 aromatic rings. The number of benzene rings is 1. The van der Waals surface area contributed by atoms with Gasteiger partial charge in [0.1, 0.15) is 11.4 Å². The van der Waals surface area contributed by atoms with Crippen molar-refractivity contribution in [2.45, 2.75) is 59.2 Å². The molecule has 0 fully saturated rings. The molecule has 7 heteroatoms. The van der Waals surface area contributed by atoms with Gasteiger partial charge in [-0.25, -0.2) is 4.98 Å². The van der Waals surface area contributed by atoms with E-state index in [-0.39, 0.29) is 29.6 Å². The number of ether oxygens (including phenoxy) is 1. The van der Waals surface area contributed by atoms with Gasteiger partial charge >= 0.3 is 0 Å². The number of thiazole rings is 1. The third kappa shape index (κ3) is 8.04. The topological polar surface area (TPSA) is 58.5 Å². The van der Waals surface area contributed by atoms with E-state index in [0.717, 1.165) is 28.0 Å². The summed E-state index contributed by atoms with van der Waals surface area (Å²) in [4.78, 5) is 8.94. The van der Waals surface area contributed by atoms with Crippen LogP contribution in [0.15, 0.2) is 34.6 Å². The van der Waals surface area contributed by atoms with Crippen molar-refractivity contribution in [2.75, 3.05) is 7.05 Å². The molecule has 0 aliphatic heterocycles. The second-order valence-electron chi connectivity index (χ2n) is 7.43. The second kappa shape index (κ2) is 10.8. The van der Waals surface area contributed by atoms with Gasteiger partial charge in [0.05, 0.1) is 17.2 Å². The summed E-state index contributed by atoms with van der Waals surface area (Å²) in [6.07, 6.45) is 0. The number of aromatic nitrogens is 1. The zero-order valence-corrected chi connectivity index (χ0v) is 20.1. The van der Waals surface area contributed by atoms with Gasteiger partial charge in [-0.1, -0.05) is 32.0 Å². The summed E-state index contributed by atoms with van der Waals surface area (Å²) in [6.45, 7) is 11.8. The summed E-state index contributed by atoms with van der Waals surface area (Å²) >= 11 is 1.71. The molecule has 0 atom stereocenters. The van der Waals surface area contributed by atoms with Crippen molar-refractivity contribution < 1.29 is 4.74 Å². The fourth-order valence-electron chi connectivity index (χ4n) is 2.32. The predicted molar refractivity (Wildman–Crippen MR) is 125 cm³/mol. The van der Waals surface area contributed by atoms with Crippen molar-refractivity contribution in [1.82, 2.24) is 15.6 Å². The minimum atomic E-state index is -0.227. The van der Waals surface area contributed by atoms with Crippen LogP contribution in [0.25, 0.3) is 0 Å². The van der Waals surface area contributed by atoms with E-state index in [1.165, 1.54) is 0 Å². The minimum Gasteiger partial charge on any atom is -0.488 e. The molecule has 2 N–H and O–H groups in total. The molecule has 1 aromatic heterocycles. The predicted octanol–water partition coefficient (Wildman–Crippen LogP) is 4.93. The van der Waals surface area contributed by atoms with E-state index in [1.807, 2.05) is 18.2 Å². The Hall–Kier alpha value is -1.35. The van der Waals surface area contributed by atoms with Crippen LogP contribution < -0.4 is 15.4 Å². The van der Waals surface area contributed by atoms with Crippen LogP contribution >= 0.6 is 35.3 Å². The maximum Gasteiger partial charge on any atom is 0.191 e. The maximum absolute atomic E-state index is 6.04. The third-order valence-electron chi connectivity index (χ3n) is 3.56. The first kappa shape index (κ1) is 23.7. The molecule has 5 nitrogen and oxygen atoms in total. The Balaban J connectivity index is 0.00000364. The molecule has 0 unspecified atom stereocenters. The second-order valence-corrected chi connectivity index (χ2v) is 8.32. The molecule has 1 heterocycles. The summed E-state index contributed by atoms with van der Waals surface area (Å²) in [7, 11) is 1.77. The van der Waals surface area contributed by atoms with Gasteiger partial charge in [0.15, 0.2) is 5.96 Å². The van der Waals surface area contributed by atoms with E-state index < -0.39 is 0 Å². The summed E-state index contributed by atoms with van der Waals surface area (Å²) in [5.74, 6) is 2.10. The number of nitrogens with one attached hydrogen (secondary N) is 2. The van der Waals surface area contributed by atoms with Crippen LogP contribution in [0.2, 0.25) is 0 Å². The fraction of sp³-hybridized carbons (Fsp3) is 0.500. The number of para-hydroxylation sites is 1. The number of halogens is 1. The minimum absolute atomic E-state index is 0. The lowest BCUT2D eigenvalue weighted by Gasteiger charge is -2.23. The Morgan fingerprint density at radius 1 is 1.19 bits per heavy atom. The Morgan fingerprint density at radius 2 is 1.85 bits per heavy atom. The maximum atomic E-state index is 6.04. The molecule has 0 saturated carbocycles. The largest absolute Gasteiger partial charge is 0.488 e. The molecular formula is C20H31IN4OS. The molecule has 0 aliphatic rings. The number of rotatable bonds is 6. The summed E-state index contributed by atoms with van der Waals surface area (Å²) < 4.78 is 6.04. The van der Waals surface area contributed by atoms with E-state index in [4.69, 9.17) is 4.74 Å². The molecular weight excluding hydrogens is 471 g/mol. The van der Waals surface area contributed by atoms with Crippen LogP contribution in [-0.4, -0.2) is 23.6 Å². The molecule has 0 amide bonds. The Labute approximate surface area is 184 Å². The number of guanidine groups is 1. The number of nitrogens with zero attached hydrogens (tertiary/aromatic N) is 2. The van der Waals surface area contributed by atoms with Gasteiger partial charge in [0.25, 0.3) is 0 Å². The van der Waals surface area contributed by atoms with Gasteiger partial charge in [-0.05, 0) is 26.8 Å². The Morgan fingerprint density at radius 3 is 2.44 bits per heavy atom. The van der Waals surface area contributed by atoms with E-state index in [0.29, 0.717) is 19.0 Å². The van der Waals surface area contributed by atoms with Gasteiger partial charge in [-0.15, -0.1) is 35.3 Å². The Bertz CT molecular complexity index is 738. The van der Waals surface area contributed by atoms with Crippen LogP contribution in [0, 0.1) is 0 Å². The van der Waals surface area contributed by atoms with Crippen LogP contribution in [0.4, 0.5) is 0 Å². The van der Waals surface area contributed by atoms with E-state index in [9.17, 15) is 0 Å². The third-order valence-corrected chi connectivity index (χ3v) is 4.75. The molecule has 0 aliphatic carbocycles. The van der Waals surface area contributed by atoms with E-state index >= 15 is 0 Å². The summed E-state index contributed by atoms with van der Waals surface area (Å²) in [5, 5.41) is 9.93. The monoisotopic (exact) mass is 502 g/mol. The van der Waals surface area contributed by atoms with Crippen molar-refractivity contribution in [2.24, 2.45) is 4.99 Å².